The number of nitrogens with two attached hydrogens (primary N) is 4. The quantitative estimate of drug-likeness (QED) is 0.228. The predicted octanol–water partition coefficient (Wildman–Crippen LogP) is 1.17. The summed E-state index contributed by atoms with van der Waals surface area (Å²) >= 11 is 0. The minimum absolute atomic E-state index is 0.0315. The SMILES string of the molecule is NN=Nc1ccc(N)c2c1C(=O)c1c(N)ccc(N)c1C2=O. The first-order chi connectivity index (χ1) is 10.5. The van der Waals surface area contributed by atoms with Crippen LogP contribution in [-0.4, -0.2) is 11.6 Å². The fraction of sp³-hybridized carbons (Fsp3) is 0. The van der Waals surface area contributed by atoms with E-state index in [1.54, 1.807) is 0 Å². The van der Waals surface area contributed by atoms with E-state index in [1.165, 1.54) is 24.3 Å². The molecule has 0 unspecified atom stereocenters. The van der Waals surface area contributed by atoms with Gasteiger partial charge in [0.2, 0.25) is 0 Å². The zero-order chi connectivity index (χ0) is 16.0. The number of carbonyl (C=O) groups excluding carboxylic acids is 2. The number of carbonyl (C=O) groups is 2. The Hall–Kier alpha value is -3.42. The molecule has 8 heteroatoms. The van der Waals surface area contributed by atoms with Crippen molar-refractivity contribution in [1.29, 1.82) is 0 Å². The van der Waals surface area contributed by atoms with Gasteiger partial charge in [0.15, 0.2) is 11.6 Å². The van der Waals surface area contributed by atoms with Gasteiger partial charge in [0, 0.05) is 17.1 Å². The Morgan fingerprint density at radius 2 is 1.09 bits per heavy atom. The molecule has 0 radical (unpaired) electrons. The molecule has 110 valence electrons. The van der Waals surface area contributed by atoms with E-state index in [1.807, 2.05) is 0 Å². The van der Waals surface area contributed by atoms with Crippen LogP contribution in [-0.2, 0) is 0 Å². The smallest absolute Gasteiger partial charge is 0.198 e. The summed E-state index contributed by atoms with van der Waals surface area (Å²) in [5.41, 5.74) is 18.3. The Kier molecular flexibility index (Phi) is 2.81. The lowest BCUT2D eigenvalue weighted by Gasteiger charge is -2.22. The van der Waals surface area contributed by atoms with E-state index in [4.69, 9.17) is 23.0 Å². The van der Waals surface area contributed by atoms with Crippen molar-refractivity contribution in [3.05, 3.63) is 46.5 Å². The fourth-order valence-electron chi connectivity index (χ4n) is 2.60. The number of benzene rings is 2. The highest BCUT2D eigenvalue weighted by molar-refractivity contribution is 6.34. The normalized spacial score (nSPS) is 13.3. The molecular weight excluding hydrogens is 284 g/mol. The van der Waals surface area contributed by atoms with Gasteiger partial charge in [0.05, 0.1) is 27.9 Å². The molecule has 0 spiro atoms. The van der Waals surface area contributed by atoms with Crippen LogP contribution in [0, 0.1) is 0 Å². The van der Waals surface area contributed by atoms with E-state index in [9.17, 15) is 9.59 Å². The van der Waals surface area contributed by atoms with Crippen molar-refractivity contribution in [2.75, 3.05) is 17.2 Å². The Morgan fingerprint density at radius 1 is 0.682 bits per heavy atom. The summed E-state index contributed by atoms with van der Waals surface area (Å²) in [4.78, 5) is 25.5. The maximum absolute atomic E-state index is 12.8. The molecule has 22 heavy (non-hydrogen) atoms. The summed E-state index contributed by atoms with van der Waals surface area (Å²) in [6.07, 6.45) is 0. The van der Waals surface area contributed by atoms with Gasteiger partial charge in [-0.2, -0.15) is 0 Å². The van der Waals surface area contributed by atoms with Crippen LogP contribution >= 0.6 is 0 Å². The Morgan fingerprint density at radius 3 is 1.59 bits per heavy atom. The molecule has 3 rings (SSSR count). The van der Waals surface area contributed by atoms with Crippen LogP contribution in [0.15, 0.2) is 34.6 Å². The first kappa shape index (κ1) is 13.6. The second-order valence-electron chi connectivity index (χ2n) is 4.79. The molecule has 8 N–H and O–H groups in total. The molecule has 0 amide bonds. The second kappa shape index (κ2) is 4.55. The third-order valence-electron chi connectivity index (χ3n) is 3.56. The van der Waals surface area contributed by atoms with Gasteiger partial charge < -0.3 is 23.0 Å². The van der Waals surface area contributed by atoms with E-state index in [0.29, 0.717) is 0 Å². The minimum atomic E-state index is -0.482. The summed E-state index contributed by atoms with van der Waals surface area (Å²) in [7, 11) is 0. The maximum Gasteiger partial charge on any atom is 0.198 e. The molecule has 0 saturated heterocycles. The molecule has 1 aliphatic carbocycles. The van der Waals surface area contributed by atoms with E-state index in [0.717, 1.165) is 0 Å². The molecule has 0 fully saturated rings. The Bertz CT molecular complexity index is 872. The standard InChI is InChI=1S/C14H12N6O2/c15-5-1-2-6(16)10-9(5)13(21)11-7(17)3-4-8(19-20-18)12(11)14(10)22/h1-4H,15-17H2,(H2,18,19). The number of hydrogen-bond acceptors (Lipinski definition) is 7. The van der Waals surface area contributed by atoms with Gasteiger partial charge in [-0.1, -0.05) is 5.22 Å². The van der Waals surface area contributed by atoms with Crippen molar-refractivity contribution >= 4 is 34.3 Å². The first-order valence-corrected chi connectivity index (χ1v) is 6.28. The number of hydrogen-bond donors (Lipinski definition) is 4. The van der Waals surface area contributed by atoms with Gasteiger partial charge in [-0.05, 0) is 24.3 Å². The summed E-state index contributed by atoms with van der Waals surface area (Å²) < 4.78 is 0. The van der Waals surface area contributed by atoms with E-state index in [-0.39, 0.29) is 45.0 Å². The van der Waals surface area contributed by atoms with Gasteiger partial charge in [-0.15, -0.1) is 5.11 Å². The molecule has 0 heterocycles. The summed E-state index contributed by atoms with van der Waals surface area (Å²) in [5.74, 6) is 4.09. The topological polar surface area (TPSA) is 163 Å². The van der Waals surface area contributed by atoms with Crippen molar-refractivity contribution < 1.29 is 9.59 Å². The summed E-state index contributed by atoms with van der Waals surface area (Å²) in [6.45, 7) is 0. The predicted molar refractivity (Wildman–Crippen MR) is 81.7 cm³/mol. The average Bonchev–Trinajstić information content (AvgIpc) is 2.49. The van der Waals surface area contributed by atoms with Crippen LogP contribution in [0.2, 0.25) is 0 Å². The van der Waals surface area contributed by atoms with Crippen LogP contribution in [0.5, 0.6) is 0 Å². The number of fused-ring (bicyclic) bond motifs is 2. The van der Waals surface area contributed by atoms with Gasteiger partial charge in [0.25, 0.3) is 0 Å². The van der Waals surface area contributed by atoms with E-state index in [2.05, 4.69) is 10.3 Å². The van der Waals surface area contributed by atoms with Gasteiger partial charge >= 0.3 is 0 Å². The van der Waals surface area contributed by atoms with E-state index >= 15 is 0 Å². The highest BCUT2D eigenvalue weighted by Crippen LogP contribution is 2.40. The fourth-order valence-corrected chi connectivity index (χ4v) is 2.60. The molecule has 0 bridgehead atoms. The molecule has 0 aromatic heterocycles. The summed E-state index contributed by atoms with van der Waals surface area (Å²) in [5, 5.41) is 6.84. The number of anilines is 3. The lowest BCUT2D eigenvalue weighted by molar-refractivity contribution is 0.0981. The third kappa shape index (κ3) is 1.64. The number of nitrogens with zero attached hydrogens (tertiary/aromatic N) is 2. The first-order valence-electron chi connectivity index (χ1n) is 6.28. The van der Waals surface area contributed by atoms with Crippen LogP contribution < -0.4 is 23.0 Å². The minimum Gasteiger partial charge on any atom is -0.398 e. The van der Waals surface area contributed by atoms with Gasteiger partial charge in [0.1, 0.15) is 0 Å². The molecular formula is C14H12N6O2. The highest BCUT2D eigenvalue weighted by Gasteiger charge is 2.36. The van der Waals surface area contributed by atoms with Crippen molar-refractivity contribution in [2.24, 2.45) is 16.2 Å². The number of nitrogen functional groups attached to an aromatic ring is 3. The number of ketones is 2. The van der Waals surface area contributed by atoms with Crippen molar-refractivity contribution in [3.8, 4) is 0 Å². The van der Waals surface area contributed by atoms with E-state index < -0.39 is 11.6 Å². The largest absolute Gasteiger partial charge is 0.398 e. The second-order valence-corrected chi connectivity index (χ2v) is 4.79. The summed E-state index contributed by atoms with van der Waals surface area (Å²) in [6, 6.07) is 5.87. The van der Waals surface area contributed by atoms with Crippen LogP contribution in [0.1, 0.15) is 31.8 Å². The van der Waals surface area contributed by atoms with Gasteiger partial charge in [-0.25, -0.2) is 0 Å². The Balaban J connectivity index is 2.44. The zero-order valence-corrected chi connectivity index (χ0v) is 11.3. The van der Waals surface area contributed by atoms with Crippen LogP contribution in [0.4, 0.5) is 22.7 Å². The molecule has 1 aliphatic rings. The monoisotopic (exact) mass is 296 g/mol. The molecule has 0 saturated carbocycles. The van der Waals surface area contributed by atoms with Crippen molar-refractivity contribution in [2.45, 2.75) is 0 Å². The molecule has 0 atom stereocenters. The number of rotatable bonds is 1. The molecule has 2 aromatic carbocycles. The van der Waals surface area contributed by atoms with Crippen LogP contribution in [0.25, 0.3) is 0 Å². The third-order valence-corrected chi connectivity index (χ3v) is 3.56. The molecule has 8 nitrogen and oxygen atoms in total. The maximum atomic E-state index is 12.8. The van der Waals surface area contributed by atoms with Crippen molar-refractivity contribution in [3.63, 3.8) is 0 Å². The van der Waals surface area contributed by atoms with Crippen molar-refractivity contribution in [1.82, 2.24) is 0 Å². The Labute approximate surface area is 124 Å². The van der Waals surface area contributed by atoms with Crippen LogP contribution in [0.3, 0.4) is 0 Å². The molecule has 0 aliphatic heterocycles. The van der Waals surface area contributed by atoms with Gasteiger partial charge in [-0.3, -0.25) is 9.59 Å². The lowest BCUT2D eigenvalue weighted by atomic mass is 9.81. The zero-order valence-electron chi connectivity index (χ0n) is 11.3. The molecule has 2 aromatic rings. The average molecular weight is 296 g/mol. The highest BCUT2D eigenvalue weighted by atomic mass is 16.1. The lowest BCUT2D eigenvalue weighted by Crippen LogP contribution is -2.25.